The van der Waals surface area contributed by atoms with Gasteiger partial charge in [-0.2, -0.15) is 0 Å². The Morgan fingerprint density at radius 2 is 1.41 bits per heavy atom. The van der Waals surface area contributed by atoms with Gasteiger partial charge >= 0.3 is 0 Å². The predicted octanol–water partition coefficient (Wildman–Crippen LogP) is 5.87. The first kappa shape index (κ1) is 20.7. The first-order valence-electron chi connectivity index (χ1n) is 8.50. The van der Waals surface area contributed by atoms with Crippen molar-refractivity contribution in [3.05, 3.63) is 93.3 Å². The molecule has 4 rings (SSSR count). The number of benzene rings is 2. The van der Waals surface area contributed by atoms with Crippen molar-refractivity contribution in [1.29, 1.82) is 0 Å². The van der Waals surface area contributed by atoms with Crippen LogP contribution in [0.3, 0.4) is 0 Å². The summed E-state index contributed by atoms with van der Waals surface area (Å²) in [5.74, 6) is -0.596. The van der Waals surface area contributed by atoms with Crippen LogP contribution in [0, 0.1) is 15.2 Å². The molecule has 0 atom stereocenters. The third kappa shape index (κ3) is 4.68. The number of H-pyrrole nitrogens is 2. The van der Waals surface area contributed by atoms with Crippen LogP contribution in [-0.4, -0.2) is 22.5 Å². The number of hydrogen-bond donors (Lipinski definition) is 2. The summed E-state index contributed by atoms with van der Waals surface area (Å²) in [6, 6.07) is 14.5. The number of carbonyl (C=O) groups is 2. The largest absolute Gasteiger partial charge is 0.360 e. The summed E-state index contributed by atoms with van der Waals surface area (Å²) in [6.45, 7) is 0. The van der Waals surface area contributed by atoms with Crippen LogP contribution in [0.2, 0.25) is 0 Å². The number of halogens is 3. The van der Waals surface area contributed by atoms with E-state index in [4.69, 9.17) is 0 Å². The minimum atomic E-state index is -0.299. The van der Waals surface area contributed by atoms with Gasteiger partial charge in [-0.3, -0.25) is 9.59 Å². The number of aromatic nitrogens is 2. The smallest absolute Gasteiger partial charge is 0.152 e. The highest BCUT2D eigenvalue weighted by atomic mass is 127. The fourth-order valence-corrected chi connectivity index (χ4v) is 3.41. The molecule has 2 aromatic carbocycles. The molecule has 7 heteroatoms. The molecule has 146 valence electrons. The van der Waals surface area contributed by atoms with Gasteiger partial charge in [0.2, 0.25) is 0 Å². The summed E-state index contributed by atoms with van der Waals surface area (Å²) < 4.78 is 27.5. The molecule has 0 fully saturated rings. The Kier molecular flexibility index (Phi) is 6.71. The zero-order chi connectivity index (χ0) is 20.8. The van der Waals surface area contributed by atoms with Gasteiger partial charge in [-0.05, 0) is 52.9 Å². The number of aromatic amines is 2. The van der Waals surface area contributed by atoms with Gasteiger partial charge in [0.05, 0.1) is 5.69 Å². The van der Waals surface area contributed by atoms with E-state index in [1.807, 2.05) is 22.6 Å². The SMILES string of the molecule is O=Cc1c[nH]c(-c2ccccc2F)c1.O=Cc1c[nH]c(-c2ccccc2F)c1I. The molecule has 0 saturated heterocycles. The van der Waals surface area contributed by atoms with E-state index in [0.29, 0.717) is 33.6 Å². The second kappa shape index (κ2) is 9.42. The predicted molar refractivity (Wildman–Crippen MR) is 116 cm³/mol. The van der Waals surface area contributed by atoms with Crippen molar-refractivity contribution in [1.82, 2.24) is 9.97 Å². The summed E-state index contributed by atoms with van der Waals surface area (Å²) in [7, 11) is 0. The van der Waals surface area contributed by atoms with E-state index in [2.05, 4.69) is 9.97 Å². The molecule has 0 spiro atoms. The van der Waals surface area contributed by atoms with Crippen LogP contribution in [-0.2, 0) is 0 Å². The zero-order valence-electron chi connectivity index (χ0n) is 15.0. The molecule has 2 aromatic heterocycles. The van der Waals surface area contributed by atoms with Crippen LogP contribution in [0.1, 0.15) is 20.7 Å². The Labute approximate surface area is 179 Å². The summed E-state index contributed by atoms with van der Waals surface area (Å²) in [5.41, 5.74) is 3.29. The molecule has 0 aliphatic rings. The Morgan fingerprint density at radius 1 is 0.793 bits per heavy atom. The highest BCUT2D eigenvalue weighted by molar-refractivity contribution is 14.1. The average Bonchev–Trinajstić information content (AvgIpc) is 3.36. The van der Waals surface area contributed by atoms with E-state index in [-0.39, 0.29) is 11.6 Å². The Balaban J connectivity index is 0.000000166. The molecule has 4 nitrogen and oxygen atoms in total. The van der Waals surface area contributed by atoms with Gasteiger partial charge in [-0.1, -0.05) is 24.3 Å². The normalized spacial score (nSPS) is 10.2. The Hall–Kier alpha value is -3.07. The van der Waals surface area contributed by atoms with Crippen molar-refractivity contribution in [3.63, 3.8) is 0 Å². The number of carbonyl (C=O) groups excluding carboxylic acids is 2. The third-order valence-corrected chi connectivity index (χ3v) is 5.28. The molecule has 4 aromatic rings. The first-order chi connectivity index (χ1) is 14.0. The highest BCUT2D eigenvalue weighted by Gasteiger charge is 2.12. The van der Waals surface area contributed by atoms with Gasteiger partial charge in [0, 0.05) is 43.9 Å². The molecule has 2 heterocycles. The van der Waals surface area contributed by atoms with Gasteiger partial charge in [-0.15, -0.1) is 0 Å². The molecular weight excluding hydrogens is 489 g/mol. The van der Waals surface area contributed by atoms with E-state index in [1.165, 1.54) is 12.1 Å². The fraction of sp³-hybridized carbons (Fsp3) is 0. The molecule has 0 radical (unpaired) electrons. The van der Waals surface area contributed by atoms with Gasteiger partial charge in [0.15, 0.2) is 12.6 Å². The number of aldehydes is 2. The monoisotopic (exact) mass is 504 g/mol. The topological polar surface area (TPSA) is 65.7 Å². The van der Waals surface area contributed by atoms with Crippen LogP contribution in [0.15, 0.2) is 67.0 Å². The lowest BCUT2D eigenvalue weighted by Crippen LogP contribution is -1.86. The lowest BCUT2D eigenvalue weighted by atomic mass is 10.1. The van der Waals surface area contributed by atoms with E-state index >= 15 is 0 Å². The fourth-order valence-electron chi connectivity index (χ4n) is 2.68. The average molecular weight is 504 g/mol. The van der Waals surface area contributed by atoms with E-state index in [0.717, 1.165) is 16.1 Å². The summed E-state index contributed by atoms with van der Waals surface area (Å²) in [5, 5.41) is 0. The summed E-state index contributed by atoms with van der Waals surface area (Å²) in [4.78, 5) is 26.8. The second-order valence-electron chi connectivity index (χ2n) is 5.98. The minimum absolute atomic E-state index is 0.297. The van der Waals surface area contributed by atoms with Crippen LogP contribution in [0.4, 0.5) is 8.78 Å². The molecular formula is C22H15F2IN2O2. The quantitative estimate of drug-likeness (QED) is 0.270. The van der Waals surface area contributed by atoms with Crippen molar-refractivity contribution >= 4 is 35.2 Å². The Bertz CT molecular complexity index is 1150. The van der Waals surface area contributed by atoms with Gasteiger partial charge in [0.25, 0.3) is 0 Å². The van der Waals surface area contributed by atoms with Gasteiger partial charge in [-0.25, -0.2) is 8.78 Å². The molecule has 0 unspecified atom stereocenters. The van der Waals surface area contributed by atoms with Gasteiger partial charge < -0.3 is 9.97 Å². The molecule has 0 bridgehead atoms. The van der Waals surface area contributed by atoms with E-state index in [9.17, 15) is 18.4 Å². The van der Waals surface area contributed by atoms with Crippen LogP contribution in [0.5, 0.6) is 0 Å². The first-order valence-corrected chi connectivity index (χ1v) is 9.58. The second-order valence-corrected chi connectivity index (χ2v) is 7.05. The van der Waals surface area contributed by atoms with Crippen molar-refractivity contribution in [2.75, 3.05) is 0 Å². The number of nitrogens with one attached hydrogen (secondary N) is 2. The number of rotatable bonds is 4. The maximum absolute atomic E-state index is 13.5. The minimum Gasteiger partial charge on any atom is -0.360 e. The van der Waals surface area contributed by atoms with Crippen molar-refractivity contribution in [2.45, 2.75) is 0 Å². The van der Waals surface area contributed by atoms with Crippen LogP contribution < -0.4 is 0 Å². The summed E-state index contributed by atoms with van der Waals surface area (Å²) >= 11 is 2.03. The molecule has 0 aliphatic carbocycles. The van der Waals surface area contributed by atoms with Crippen molar-refractivity contribution < 1.29 is 18.4 Å². The maximum atomic E-state index is 13.5. The van der Waals surface area contributed by atoms with Crippen LogP contribution >= 0.6 is 22.6 Å². The summed E-state index contributed by atoms with van der Waals surface area (Å²) in [6.07, 6.45) is 4.61. The highest BCUT2D eigenvalue weighted by Crippen LogP contribution is 2.28. The molecule has 29 heavy (non-hydrogen) atoms. The maximum Gasteiger partial charge on any atom is 0.152 e. The third-order valence-electron chi connectivity index (χ3n) is 4.12. The Morgan fingerprint density at radius 3 is 1.93 bits per heavy atom. The van der Waals surface area contributed by atoms with Crippen LogP contribution in [0.25, 0.3) is 22.5 Å². The lowest BCUT2D eigenvalue weighted by molar-refractivity contribution is 0.111. The van der Waals surface area contributed by atoms with E-state index in [1.54, 1.807) is 54.9 Å². The molecule has 2 N–H and O–H groups in total. The molecule has 0 aliphatic heterocycles. The number of hydrogen-bond acceptors (Lipinski definition) is 2. The van der Waals surface area contributed by atoms with Gasteiger partial charge in [0.1, 0.15) is 11.6 Å². The van der Waals surface area contributed by atoms with Crippen molar-refractivity contribution in [2.24, 2.45) is 0 Å². The molecule has 0 amide bonds. The zero-order valence-corrected chi connectivity index (χ0v) is 17.1. The lowest BCUT2D eigenvalue weighted by Gasteiger charge is -2.00. The standard InChI is InChI=1S/C11H7FINO.C11H8FNO/c12-9-4-2-1-3-8(9)11-10(13)7(6-15)5-14-11;12-10-4-2-1-3-9(10)11-5-8(7-14)6-13-11/h1-6,14H;1-7,13H. The van der Waals surface area contributed by atoms with Crippen molar-refractivity contribution in [3.8, 4) is 22.5 Å². The molecule has 0 saturated carbocycles. The van der Waals surface area contributed by atoms with E-state index < -0.39 is 0 Å².